The highest BCUT2D eigenvalue weighted by Crippen LogP contribution is 2.46. The molecule has 1 unspecified atom stereocenters. The Morgan fingerprint density at radius 3 is 2.29 bits per heavy atom. The molecular weight excluding hydrogens is 755 g/mol. The summed E-state index contributed by atoms with van der Waals surface area (Å²) in [6.45, 7) is 15.5. The summed E-state index contributed by atoms with van der Waals surface area (Å²) >= 11 is 1.27. The van der Waals surface area contributed by atoms with Gasteiger partial charge >= 0.3 is 18.2 Å². The lowest BCUT2D eigenvalue weighted by Gasteiger charge is -2.36. The molecule has 0 aromatic carbocycles. The van der Waals surface area contributed by atoms with Gasteiger partial charge in [0, 0.05) is 17.2 Å². The van der Waals surface area contributed by atoms with Gasteiger partial charge in [0.1, 0.15) is 34.3 Å². The molecule has 55 heavy (non-hydrogen) atoms. The molecule has 0 spiro atoms. The standard InChI is InChI=1S/C37H53N5O11S2/c1-9-20-18-37(20,32(46)41-55(49,50)22-15-16-22)40-28(43)24-17-21(19-42(24)30(44)27(35(3,4)5)38-34(48)53-36(6,7)8)52-33(47)39-29-26(31(45)51-10-2)23-13-11-12-14-25(23)54-29/h9,20-22,24,27H,1,10-19H2,2-8H3,(H,38,48)(H,39,47)(H,40,43)(H,41,46)/t20?,21-,24+,27-,37-/m1/s1. The fraction of sp³-hybridized carbons (Fsp3) is 0.676. The van der Waals surface area contributed by atoms with Gasteiger partial charge in [0.05, 0.1) is 24.0 Å². The Labute approximate surface area is 325 Å². The number of esters is 1. The Bertz CT molecular complexity index is 1840. The second-order valence-electron chi connectivity index (χ2n) is 16.7. The Kier molecular flexibility index (Phi) is 12.0. The molecule has 0 bridgehead atoms. The molecule has 4 aliphatic rings. The molecule has 16 nitrogen and oxygen atoms in total. The molecule has 3 fully saturated rings. The number of likely N-dealkylation sites (tertiary alicyclic amines) is 1. The third-order valence-corrected chi connectivity index (χ3v) is 13.0. The molecule has 1 saturated heterocycles. The van der Waals surface area contributed by atoms with Crippen molar-refractivity contribution in [1.82, 2.24) is 20.3 Å². The molecule has 304 valence electrons. The van der Waals surface area contributed by atoms with Gasteiger partial charge in [-0.25, -0.2) is 22.8 Å². The average Bonchev–Trinajstić information content (AvgIpc) is 3.97. The van der Waals surface area contributed by atoms with Gasteiger partial charge in [0.2, 0.25) is 21.8 Å². The second kappa shape index (κ2) is 15.7. The Morgan fingerprint density at radius 1 is 1.04 bits per heavy atom. The van der Waals surface area contributed by atoms with Crippen LogP contribution in [0.25, 0.3) is 0 Å². The minimum Gasteiger partial charge on any atom is -0.462 e. The SMILES string of the molecule is C=CC1C[C@]1(NC(=O)[C@@H]1C[C@@H](OC(=O)Nc2sc3c(c2C(=O)OCC)CCCC3)CN1C(=O)[C@@H](NC(=O)OC(C)(C)C)C(C)(C)C)C(=O)NS(=O)(=O)C1CC1. The quantitative estimate of drug-likeness (QED) is 0.135. The predicted octanol–water partition coefficient (Wildman–Crippen LogP) is 3.93. The van der Waals surface area contributed by atoms with E-state index in [-0.39, 0.29) is 36.6 Å². The van der Waals surface area contributed by atoms with Crippen molar-refractivity contribution < 1.29 is 51.4 Å². The fourth-order valence-electron chi connectivity index (χ4n) is 6.98. The lowest BCUT2D eigenvalue weighted by Crippen LogP contribution is -2.60. The molecule has 1 aromatic rings. The summed E-state index contributed by atoms with van der Waals surface area (Å²) in [5, 5.41) is 7.62. The zero-order chi connectivity index (χ0) is 40.7. The van der Waals surface area contributed by atoms with E-state index in [9.17, 15) is 37.2 Å². The molecule has 1 aliphatic heterocycles. The first-order valence-corrected chi connectivity index (χ1v) is 21.1. The number of amides is 5. The van der Waals surface area contributed by atoms with E-state index in [1.807, 2.05) is 0 Å². The van der Waals surface area contributed by atoms with Crippen LogP contribution >= 0.6 is 11.3 Å². The molecule has 5 rings (SSSR count). The van der Waals surface area contributed by atoms with E-state index >= 15 is 0 Å². The van der Waals surface area contributed by atoms with E-state index in [4.69, 9.17) is 14.2 Å². The lowest BCUT2D eigenvalue weighted by atomic mass is 9.85. The number of aryl methyl sites for hydroxylation is 1. The number of hydrogen-bond donors (Lipinski definition) is 4. The number of rotatable bonds is 12. The molecule has 18 heteroatoms. The van der Waals surface area contributed by atoms with Crippen LogP contribution in [0.3, 0.4) is 0 Å². The van der Waals surface area contributed by atoms with Crippen molar-refractivity contribution in [2.75, 3.05) is 18.5 Å². The average molecular weight is 808 g/mol. The summed E-state index contributed by atoms with van der Waals surface area (Å²) in [5.41, 5.74) is -2.28. The third-order valence-electron chi connectivity index (χ3n) is 10.0. The van der Waals surface area contributed by atoms with Gasteiger partial charge in [0.15, 0.2) is 0 Å². The van der Waals surface area contributed by atoms with Crippen molar-refractivity contribution in [1.29, 1.82) is 0 Å². The van der Waals surface area contributed by atoms with Gasteiger partial charge < -0.3 is 29.7 Å². The zero-order valence-corrected chi connectivity index (χ0v) is 34.1. The molecule has 2 heterocycles. The van der Waals surface area contributed by atoms with Gasteiger partial charge in [-0.2, -0.15) is 0 Å². The van der Waals surface area contributed by atoms with Crippen molar-refractivity contribution in [3.63, 3.8) is 0 Å². The fourth-order valence-corrected chi connectivity index (χ4v) is 9.61. The summed E-state index contributed by atoms with van der Waals surface area (Å²) < 4.78 is 44.0. The third kappa shape index (κ3) is 9.62. The predicted molar refractivity (Wildman–Crippen MR) is 203 cm³/mol. The van der Waals surface area contributed by atoms with Crippen molar-refractivity contribution in [2.24, 2.45) is 11.3 Å². The van der Waals surface area contributed by atoms with E-state index in [2.05, 4.69) is 27.3 Å². The molecular formula is C37H53N5O11S2. The smallest absolute Gasteiger partial charge is 0.412 e. The number of carbonyl (C=O) groups excluding carboxylic acids is 6. The number of anilines is 1. The minimum atomic E-state index is -3.95. The van der Waals surface area contributed by atoms with Crippen LogP contribution in [0.4, 0.5) is 14.6 Å². The topological polar surface area (TPSA) is 216 Å². The number of hydrogen-bond acceptors (Lipinski definition) is 12. The van der Waals surface area contributed by atoms with Crippen LogP contribution in [-0.2, 0) is 51.5 Å². The largest absolute Gasteiger partial charge is 0.462 e. The van der Waals surface area contributed by atoms with E-state index in [0.717, 1.165) is 29.7 Å². The summed E-state index contributed by atoms with van der Waals surface area (Å²) in [6, 6.07) is -2.52. The monoisotopic (exact) mass is 807 g/mol. The van der Waals surface area contributed by atoms with Crippen LogP contribution < -0.4 is 20.7 Å². The lowest BCUT2D eigenvalue weighted by molar-refractivity contribution is -0.143. The maximum atomic E-state index is 14.4. The zero-order valence-electron chi connectivity index (χ0n) is 32.5. The highest BCUT2D eigenvalue weighted by molar-refractivity contribution is 7.91. The molecule has 5 atom stereocenters. The molecule has 0 radical (unpaired) electrons. The van der Waals surface area contributed by atoms with Crippen LogP contribution in [0, 0.1) is 11.3 Å². The number of nitrogens with one attached hydrogen (secondary N) is 4. The number of sulfonamides is 1. The van der Waals surface area contributed by atoms with Crippen molar-refractivity contribution in [3.8, 4) is 0 Å². The van der Waals surface area contributed by atoms with Crippen molar-refractivity contribution in [3.05, 3.63) is 28.7 Å². The van der Waals surface area contributed by atoms with Gasteiger partial charge in [-0.3, -0.25) is 24.4 Å². The molecule has 2 saturated carbocycles. The number of alkyl carbamates (subject to hydrolysis) is 1. The van der Waals surface area contributed by atoms with Crippen molar-refractivity contribution in [2.45, 2.75) is 134 Å². The number of nitrogens with zero attached hydrogens (tertiary/aromatic N) is 1. The molecule has 1 aromatic heterocycles. The van der Waals surface area contributed by atoms with Crippen molar-refractivity contribution >= 4 is 62.2 Å². The maximum Gasteiger partial charge on any atom is 0.412 e. The van der Waals surface area contributed by atoms with E-state index in [1.165, 1.54) is 22.3 Å². The van der Waals surface area contributed by atoms with Crippen LogP contribution in [0.2, 0.25) is 0 Å². The summed E-state index contributed by atoms with van der Waals surface area (Å²) in [6.07, 6.45) is 2.61. The second-order valence-corrected chi connectivity index (χ2v) is 19.7. The normalized spacial score (nSPS) is 24.1. The molecule has 5 amide bonds. The van der Waals surface area contributed by atoms with Gasteiger partial charge in [-0.1, -0.05) is 26.8 Å². The molecule has 4 N–H and O–H groups in total. The maximum absolute atomic E-state index is 14.4. The van der Waals surface area contributed by atoms with Gasteiger partial charge in [-0.05, 0) is 83.6 Å². The number of carbonyl (C=O) groups is 6. The van der Waals surface area contributed by atoms with Crippen LogP contribution in [0.5, 0.6) is 0 Å². The first kappa shape index (κ1) is 42.0. The first-order chi connectivity index (χ1) is 25.6. The van der Waals surface area contributed by atoms with E-state index in [0.29, 0.717) is 19.3 Å². The van der Waals surface area contributed by atoms with Crippen LogP contribution in [-0.4, -0.2) is 96.9 Å². The first-order valence-electron chi connectivity index (χ1n) is 18.7. The van der Waals surface area contributed by atoms with Gasteiger partial charge in [0.25, 0.3) is 5.91 Å². The van der Waals surface area contributed by atoms with Gasteiger partial charge in [-0.15, -0.1) is 17.9 Å². The molecule has 3 aliphatic carbocycles. The Morgan fingerprint density at radius 2 is 1.71 bits per heavy atom. The summed E-state index contributed by atoms with van der Waals surface area (Å²) in [7, 11) is -3.95. The van der Waals surface area contributed by atoms with E-state index in [1.54, 1.807) is 48.5 Å². The van der Waals surface area contributed by atoms with E-state index < -0.39 is 91.8 Å². The highest BCUT2D eigenvalue weighted by Gasteiger charge is 2.62. The minimum absolute atomic E-state index is 0.0790. The highest BCUT2D eigenvalue weighted by atomic mass is 32.2. The van der Waals surface area contributed by atoms with Crippen LogP contribution in [0.1, 0.15) is 108 Å². The Hall–Kier alpha value is -4.19. The Balaban J connectivity index is 1.40. The van der Waals surface area contributed by atoms with Crippen LogP contribution in [0.15, 0.2) is 12.7 Å². The number of fused-ring (bicyclic) bond motifs is 1. The number of thiophene rings is 1. The summed E-state index contributed by atoms with van der Waals surface area (Å²) in [4.78, 5) is 83.6. The summed E-state index contributed by atoms with van der Waals surface area (Å²) in [5.74, 6) is -3.51. The number of ether oxygens (including phenoxy) is 3.